The number of piperazine rings is 1. The molecule has 0 bridgehead atoms. The summed E-state index contributed by atoms with van der Waals surface area (Å²) in [6.45, 7) is 5.07. The molecule has 2 saturated heterocycles. The fourth-order valence-corrected chi connectivity index (χ4v) is 4.88. The molecule has 3 rings (SSSR count). The van der Waals surface area contributed by atoms with Crippen LogP contribution in [0, 0.1) is 12.8 Å². The Kier molecular flexibility index (Phi) is 5.07. The second kappa shape index (κ2) is 6.96. The highest BCUT2D eigenvalue weighted by Gasteiger charge is 2.39. The van der Waals surface area contributed by atoms with E-state index in [1.807, 2.05) is 6.92 Å². The molecule has 9 nitrogen and oxygen atoms in total. The molecule has 0 saturated carbocycles. The summed E-state index contributed by atoms with van der Waals surface area (Å²) in [5, 5.41) is 9.18. The Labute approximate surface area is 150 Å². The number of sulfonamides is 1. The minimum atomic E-state index is -3.22. The van der Waals surface area contributed by atoms with Gasteiger partial charge >= 0.3 is 0 Å². The molecule has 1 atom stereocenters. The molecular formula is C14H21N5O4S2. The first-order valence-corrected chi connectivity index (χ1v) is 10.6. The van der Waals surface area contributed by atoms with Gasteiger partial charge in [0, 0.05) is 39.1 Å². The van der Waals surface area contributed by atoms with Crippen LogP contribution in [0.5, 0.6) is 0 Å². The minimum absolute atomic E-state index is 0.0638. The maximum absolute atomic E-state index is 12.7. The Bertz CT molecular complexity index is 770. The summed E-state index contributed by atoms with van der Waals surface area (Å²) in [6.07, 6.45) is 0.158. The van der Waals surface area contributed by atoms with Gasteiger partial charge in [-0.3, -0.25) is 14.5 Å². The van der Waals surface area contributed by atoms with Crippen molar-refractivity contribution in [1.29, 1.82) is 0 Å². The van der Waals surface area contributed by atoms with Crippen molar-refractivity contribution in [3.63, 3.8) is 0 Å². The molecule has 25 heavy (non-hydrogen) atoms. The lowest BCUT2D eigenvalue weighted by Gasteiger charge is -2.35. The zero-order valence-electron chi connectivity index (χ0n) is 14.2. The molecule has 0 N–H and O–H groups in total. The average molecular weight is 387 g/mol. The Morgan fingerprint density at radius 2 is 1.92 bits per heavy atom. The van der Waals surface area contributed by atoms with E-state index in [0.29, 0.717) is 37.9 Å². The van der Waals surface area contributed by atoms with Gasteiger partial charge in [0.05, 0.1) is 11.7 Å². The lowest BCUT2D eigenvalue weighted by Crippen LogP contribution is -2.52. The lowest BCUT2D eigenvalue weighted by atomic mass is 10.1. The fraction of sp³-hybridized carbons (Fsp3) is 0.714. The first-order chi connectivity index (χ1) is 11.8. The highest BCUT2D eigenvalue weighted by atomic mass is 32.2. The van der Waals surface area contributed by atoms with E-state index in [2.05, 4.69) is 10.2 Å². The lowest BCUT2D eigenvalue weighted by molar-refractivity contribution is -0.136. The number of carbonyl (C=O) groups is 2. The fourth-order valence-electron chi connectivity index (χ4n) is 3.08. The summed E-state index contributed by atoms with van der Waals surface area (Å²) >= 11 is 1.33. The highest BCUT2D eigenvalue weighted by Crippen LogP contribution is 2.28. The van der Waals surface area contributed by atoms with Crippen molar-refractivity contribution in [2.45, 2.75) is 20.3 Å². The maximum Gasteiger partial charge on any atom is 0.229 e. The predicted molar refractivity (Wildman–Crippen MR) is 92.7 cm³/mol. The minimum Gasteiger partial charge on any atom is -0.340 e. The number of hydrogen-bond donors (Lipinski definition) is 0. The van der Waals surface area contributed by atoms with Crippen LogP contribution in [-0.4, -0.2) is 78.1 Å². The van der Waals surface area contributed by atoms with Crippen molar-refractivity contribution in [2.24, 2.45) is 5.92 Å². The maximum atomic E-state index is 12.7. The van der Waals surface area contributed by atoms with Gasteiger partial charge in [-0.05, 0) is 13.8 Å². The summed E-state index contributed by atoms with van der Waals surface area (Å²) in [6, 6.07) is 0. The summed E-state index contributed by atoms with van der Waals surface area (Å²) in [5.74, 6) is -0.563. The zero-order chi connectivity index (χ0) is 18.2. The average Bonchev–Trinajstić information content (AvgIpc) is 3.20. The number of nitrogens with zero attached hydrogens (tertiary/aromatic N) is 5. The molecule has 0 radical (unpaired) electrons. The van der Waals surface area contributed by atoms with Gasteiger partial charge in [-0.25, -0.2) is 8.42 Å². The van der Waals surface area contributed by atoms with Crippen LogP contribution in [0.25, 0.3) is 0 Å². The van der Waals surface area contributed by atoms with Gasteiger partial charge in [-0.15, -0.1) is 10.2 Å². The Balaban J connectivity index is 1.60. The topological polar surface area (TPSA) is 104 Å². The summed E-state index contributed by atoms with van der Waals surface area (Å²) in [7, 11) is -3.22. The van der Waals surface area contributed by atoms with Crippen molar-refractivity contribution < 1.29 is 18.0 Å². The van der Waals surface area contributed by atoms with Crippen LogP contribution in [0.4, 0.5) is 5.13 Å². The number of anilines is 1. The molecule has 1 unspecified atom stereocenters. The molecule has 1 aromatic heterocycles. The van der Waals surface area contributed by atoms with Crippen molar-refractivity contribution in [3.8, 4) is 0 Å². The van der Waals surface area contributed by atoms with E-state index >= 15 is 0 Å². The van der Waals surface area contributed by atoms with E-state index in [-0.39, 0.29) is 24.0 Å². The van der Waals surface area contributed by atoms with E-state index in [0.717, 1.165) is 5.01 Å². The van der Waals surface area contributed by atoms with Crippen LogP contribution < -0.4 is 4.90 Å². The van der Waals surface area contributed by atoms with E-state index < -0.39 is 15.9 Å². The van der Waals surface area contributed by atoms with Crippen molar-refractivity contribution in [2.75, 3.05) is 43.4 Å². The molecule has 2 aliphatic rings. The van der Waals surface area contributed by atoms with Crippen molar-refractivity contribution >= 4 is 38.3 Å². The van der Waals surface area contributed by atoms with E-state index in [1.54, 1.807) is 11.8 Å². The van der Waals surface area contributed by atoms with E-state index in [9.17, 15) is 18.0 Å². The van der Waals surface area contributed by atoms with Crippen molar-refractivity contribution in [3.05, 3.63) is 5.01 Å². The highest BCUT2D eigenvalue weighted by molar-refractivity contribution is 7.89. The number of amides is 2. The largest absolute Gasteiger partial charge is 0.340 e. The van der Waals surface area contributed by atoms with Crippen LogP contribution in [0.1, 0.15) is 18.4 Å². The van der Waals surface area contributed by atoms with Gasteiger partial charge in [0.15, 0.2) is 0 Å². The molecule has 0 aromatic carbocycles. The predicted octanol–water partition coefficient (Wildman–Crippen LogP) is -0.307. The molecule has 11 heteroatoms. The smallest absolute Gasteiger partial charge is 0.229 e. The number of hydrogen-bond acceptors (Lipinski definition) is 7. The third-order valence-corrected chi connectivity index (χ3v) is 7.27. The first kappa shape index (κ1) is 18.2. The van der Waals surface area contributed by atoms with Gasteiger partial charge in [0.25, 0.3) is 0 Å². The SMILES string of the molecule is CCS(=O)(=O)N1CCN(C(=O)C2CC(=O)N(c3nnc(C)s3)C2)CC1. The standard InChI is InChI=1S/C14H21N5O4S2/c1-3-25(22,23)18-6-4-17(5-7-18)13(21)11-8-12(20)19(9-11)14-16-15-10(2)24-14/h11H,3-9H2,1-2H3. The Morgan fingerprint density at radius 3 is 2.48 bits per heavy atom. The van der Waals surface area contributed by atoms with Gasteiger partial charge in [0.2, 0.25) is 27.0 Å². The molecule has 2 aliphatic heterocycles. The molecule has 1 aromatic rings. The summed E-state index contributed by atoms with van der Waals surface area (Å²) in [5.41, 5.74) is 0. The summed E-state index contributed by atoms with van der Waals surface area (Å²) < 4.78 is 25.2. The molecule has 3 heterocycles. The monoisotopic (exact) mass is 387 g/mol. The van der Waals surface area contributed by atoms with Gasteiger partial charge in [0.1, 0.15) is 5.01 Å². The molecule has 2 fully saturated rings. The van der Waals surface area contributed by atoms with E-state index in [4.69, 9.17) is 0 Å². The molecular weight excluding hydrogens is 366 g/mol. The molecule has 138 valence electrons. The normalized spacial score (nSPS) is 22.6. The molecule has 2 amide bonds. The van der Waals surface area contributed by atoms with Crippen LogP contribution in [0.15, 0.2) is 0 Å². The Morgan fingerprint density at radius 1 is 1.24 bits per heavy atom. The van der Waals surface area contributed by atoms with Crippen molar-refractivity contribution in [1.82, 2.24) is 19.4 Å². The second-order valence-electron chi connectivity index (χ2n) is 6.13. The molecule has 0 aliphatic carbocycles. The van der Waals surface area contributed by atoms with Gasteiger partial charge < -0.3 is 4.90 Å². The van der Waals surface area contributed by atoms with Gasteiger partial charge in [-0.2, -0.15) is 4.31 Å². The van der Waals surface area contributed by atoms with Crippen LogP contribution in [-0.2, 0) is 19.6 Å². The van der Waals surface area contributed by atoms with Gasteiger partial charge in [-0.1, -0.05) is 11.3 Å². The second-order valence-corrected chi connectivity index (χ2v) is 9.55. The zero-order valence-corrected chi connectivity index (χ0v) is 15.8. The third kappa shape index (κ3) is 3.67. The number of aromatic nitrogens is 2. The third-order valence-electron chi connectivity index (χ3n) is 4.53. The number of aryl methyl sites for hydroxylation is 1. The van der Waals surface area contributed by atoms with Crippen LogP contribution >= 0.6 is 11.3 Å². The Hall–Kier alpha value is -1.59. The van der Waals surface area contributed by atoms with Crippen LogP contribution in [0.3, 0.4) is 0 Å². The van der Waals surface area contributed by atoms with E-state index in [1.165, 1.54) is 20.5 Å². The number of rotatable bonds is 4. The molecule has 0 spiro atoms. The summed E-state index contributed by atoms with van der Waals surface area (Å²) in [4.78, 5) is 28.1. The number of carbonyl (C=O) groups excluding carboxylic acids is 2. The quantitative estimate of drug-likeness (QED) is 0.702. The van der Waals surface area contributed by atoms with Crippen LogP contribution in [0.2, 0.25) is 0 Å². The first-order valence-electron chi connectivity index (χ1n) is 8.19.